The number of rotatable bonds is 6. The number of hydrogen-bond acceptors (Lipinski definition) is 6. The minimum atomic E-state index is -0.413. The summed E-state index contributed by atoms with van der Waals surface area (Å²) < 4.78 is 6.70. The molecule has 0 spiro atoms. The second-order valence-electron chi connectivity index (χ2n) is 5.31. The van der Waals surface area contributed by atoms with E-state index in [0.29, 0.717) is 21.6 Å². The molecule has 7 nitrogen and oxygen atoms in total. The van der Waals surface area contributed by atoms with Crippen molar-refractivity contribution < 1.29 is 9.53 Å². The van der Waals surface area contributed by atoms with Gasteiger partial charge in [0.2, 0.25) is 11.1 Å². The van der Waals surface area contributed by atoms with E-state index < -0.39 is 5.25 Å². The molecule has 0 bridgehead atoms. The number of carbonyl (C=O) groups excluding carboxylic acids is 1. The van der Waals surface area contributed by atoms with Gasteiger partial charge in [-0.05, 0) is 47.7 Å². The van der Waals surface area contributed by atoms with Gasteiger partial charge in [-0.15, -0.1) is 5.10 Å². The summed E-state index contributed by atoms with van der Waals surface area (Å²) in [7, 11) is 1.54. The van der Waals surface area contributed by atoms with E-state index in [-0.39, 0.29) is 5.91 Å². The lowest BCUT2D eigenvalue weighted by Gasteiger charge is -2.12. The lowest BCUT2D eigenvalue weighted by Crippen LogP contribution is -2.23. The van der Waals surface area contributed by atoms with Crippen LogP contribution in [0.5, 0.6) is 5.75 Å². The second kappa shape index (κ2) is 8.20. The van der Waals surface area contributed by atoms with Crippen LogP contribution in [0, 0.1) is 0 Å². The van der Waals surface area contributed by atoms with Crippen LogP contribution >= 0.6 is 23.4 Å². The van der Waals surface area contributed by atoms with E-state index in [4.69, 9.17) is 16.3 Å². The predicted octanol–water partition coefficient (Wildman–Crippen LogP) is 3.44. The molecule has 1 heterocycles. The number of tetrazole rings is 1. The standard InChI is InChI=1S/C17H16ClN5O2S/c1-11(16(24)19-12-8-9-15(25-2)14(18)10-12)26-17-20-21-22-23(17)13-6-4-3-5-7-13/h3-11H,1-2H3,(H,19,24). The van der Waals surface area contributed by atoms with Crippen molar-refractivity contribution >= 4 is 35.0 Å². The maximum absolute atomic E-state index is 12.5. The number of para-hydroxylation sites is 1. The van der Waals surface area contributed by atoms with Crippen molar-refractivity contribution in [3.63, 3.8) is 0 Å². The third kappa shape index (κ3) is 4.14. The molecule has 2 aromatic carbocycles. The highest BCUT2D eigenvalue weighted by Gasteiger charge is 2.19. The quantitative estimate of drug-likeness (QED) is 0.650. The van der Waals surface area contributed by atoms with E-state index in [2.05, 4.69) is 20.8 Å². The summed E-state index contributed by atoms with van der Waals surface area (Å²) in [5.74, 6) is 0.368. The average molecular weight is 390 g/mol. The Morgan fingerprint density at radius 1 is 1.27 bits per heavy atom. The molecule has 9 heteroatoms. The van der Waals surface area contributed by atoms with Crippen molar-refractivity contribution in [2.75, 3.05) is 12.4 Å². The highest BCUT2D eigenvalue weighted by molar-refractivity contribution is 8.00. The van der Waals surface area contributed by atoms with Gasteiger partial charge >= 0.3 is 0 Å². The number of amides is 1. The molecule has 1 amide bonds. The van der Waals surface area contributed by atoms with E-state index in [1.165, 1.54) is 18.9 Å². The minimum Gasteiger partial charge on any atom is -0.495 e. The van der Waals surface area contributed by atoms with Crippen molar-refractivity contribution in [1.29, 1.82) is 0 Å². The van der Waals surface area contributed by atoms with Gasteiger partial charge in [0.05, 0.1) is 23.1 Å². The first-order valence-corrected chi connectivity index (χ1v) is 8.99. The summed E-state index contributed by atoms with van der Waals surface area (Å²) in [5, 5.41) is 15.1. The van der Waals surface area contributed by atoms with Gasteiger partial charge in [0.25, 0.3) is 0 Å². The normalized spacial score (nSPS) is 11.8. The molecule has 1 N–H and O–H groups in total. The molecule has 1 atom stereocenters. The number of methoxy groups -OCH3 is 1. The summed E-state index contributed by atoms with van der Waals surface area (Å²) in [6.07, 6.45) is 0. The Bertz CT molecular complexity index is 903. The fourth-order valence-corrected chi connectivity index (χ4v) is 3.25. The summed E-state index contributed by atoms with van der Waals surface area (Å²) in [6.45, 7) is 1.79. The number of thioether (sulfide) groups is 1. The number of halogens is 1. The van der Waals surface area contributed by atoms with Crippen LogP contribution in [-0.2, 0) is 4.79 Å². The van der Waals surface area contributed by atoms with E-state index in [0.717, 1.165) is 5.69 Å². The van der Waals surface area contributed by atoms with E-state index >= 15 is 0 Å². The number of carbonyl (C=O) groups is 1. The number of benzene rings is 2. The Labute approximate surface area is 159 Å². The van der Waals surface area contributed by atoms with Crippen LogP contribution in [0.2, 0.25) is 5.02 Å². The van der Waals surface area contributed by atoms with E-state index in [1.54, 1.807) is 29.8 Å². The third-order valence-corrected chi connectivity index (χ3v) is 4.84. The smallest absolute Gasteiger partial charge is 0.237 e. The SMILES string of the molecule is COc1ccc(NC(=O)C(C)Sc2nnnn2-c2ccccc2)cc1Cl. The summed E-state index contributed by atoms with van der Waals surface area (Å²) >= 11 is 7.35. The van der Waals surface area contributed by atoms with E-state index in [1.807, 2.05) is 30.3 Å². The number of hydrogen-bond donors (Lipinski definition) is 1. The lowest BCUT2D eigenvalue weighted by molar-refractivity contribution is -0.115. The molecule has 26 heavy (non-hydrogen) atoms. The molecule has 1 unspecified atom stereocenters. The molecule has 0 fully saturated rings. The van der Waals surface area contributed by atoms with Crippen molar-refractivity contribution in [3.8, 4) is 11.4 Å². The third-order valence-electron chi connectivity index (χ3n) is 3.51. The fraction of sp³-hybridized carbons (Fsp3) is 0.176. The van der Waals surface area contributed by atoms with Gasteiger partial charge in [0.1, 0.15) is 5.75 Å². The molecule has 0 radical (unpaired) electrons. The molecule has 0 aliphatic carbocycles. The highest BCUT2D eigenvalue weighted by Crippen LogP contribution is 2.28. The van der Waals surface area contributed by atoms with Crippen LogP contribution in [0.3, 0.4) is 0 Å². The maximum Gasteiger partial charge on any atom is 0.237 e. The van der Waals surface area contributed by atoms with Gasteiger partial charge in [-0.25, -0.2) is 0 Å². The van der Waals surface area contributed by atoms with Crippen LogP contribution < -0.4 is 10.1 Å². The average Bonchev–Trinajstić information content (AvgIpc) is 3.10. The fourth-order valence-electron chi connectivity index (χ4n) is 2.18. The Morgan fingerprint density at radius 3 is 2.73 bits per heavy atom. The molecule has 134 valence electrons. The topological polar surface area (TPSA) is 81.9 Å². The maximum atomic E-state index is 12.5. The monoisotopic (exact) mass is 389 g/mol. The molecule has 0 saturated carbocycles. The zero-order chi connectivity index (χ0) is 18.5. The molecular weight excluding hydrogens is 374 g/mol. The lowest BCUT2D eigenvalue weighted by atomic mass is 10.3. The van der Waals surface area contributed by atoms with Gasteiger partial charge < -0.3 is 10.1 Å². The molecule has 1 aromatic heterocycles. The predicted molar refractivity (Wildman–Crippen MR) is 101 cm³/mol. The van der Waals surface area contributed by atoms with Crippen molar-refractivity contribution in [3.05, 3.63) is 53.6 Å². The van der Waals surface area contributed by atoms with Gasteiger partial charge in [-0.2, -0.15) is 4.68 Å². The number of aromatic nitrogens is 4. The van der Waals surface area contributed by atoms with Crippen LogP contribution in [0.4, 0.5) is 5.69 Å². The second-order valence-corrected chi connectivity index (χ2v) is 7.02. The first-order valence-electron chi connectivity index (χ1n) is 7.73. The van der Waals surface area contributed by atoms with Crippen LogP contribution in [0.15, 0.2) is 53.7 Å². The van der Waals surface area contributed by atoms with Crippen LogP contribution in [0.1, 0.15) is 6.92 Å². The number of nitrogens with one attached hydrogen (secondary N) is 1. The first kappa shape index (κ1) is 18.2. The molecule has 3 aromatic rings. The summed E-state index contributed by atoms with van der Waals surface area (Å²) in [6, 6.07) is 14.6. The van der Waals surface area contributed by atoms with Crippen LogP contribution in [-0.4, -0.2) is 38.5 Å². The van der Waals surface area contributed by atoms with Crippen molar-refractivity contribution in [2.45, 2.75) is 17.3 Å². The Kier molecular flexibility index (Phi) is 5.75. The Balaban J connectivity index is 1.69. The largest absolute Gasteiger partial charge is 0.495 e. The van der Waals surface area contributed by atoms with E-state index in [9.17, 15) is 4.79 Å². The molecule has 0 aliphatic heterocycles. The number of nitrogens with zero attached hydrogens (tertiary/aromatic N) is 4. The minimum absolute atomic E-state index is 0.182. The van der Waals surface area contributed by atoms with Gasteiger partial charge in [0, 0.05) is 5.69 Å². The summed E-state index contributed by atoms with van der Waals surface area (Å²) in [5.41, 5.74) is 1.42. The zero-order valence-corrected chi connectivity index (χ0v) is 15.7. The number of anilines is 1. The van der Waals surface area contributed by atoms with Gasteiger partial charge in [-0.1, -0.05) is 41.6 Å². The first-order chi connectivity index (χ1) is 12.6. The van der Waals surface area contributed by atoms with Crippen molar-refractivity contribution in [1.82, 2.24) is 20.2 Å². The Hall–Kier alpha value is -2.58. The molecule has 0 aliphatic rings. The van der Waals surface area contributed by atoms with Crippen molar-refractivity contribution in [2.24, 2.45) is 0 Å². The molecule has 3 rings (SSSR count). The molecule has 0 saturated heterocycles. The number of ether oxygens (including phenoxy) is 1. The Morgan fingerprint density at radius 2 is 2.04 bits per heavy atom. The zero-order valence-electron chi connectivity index (χ0n) is 14.1. The summed E-state index contributed by atoms with van der Waals surface area (Å²) in [4.78, 5) is 12.5. The molecular formula is C17H16ClN5O2S. The van der Waals surface area contributed by atoms with Crippen LogP contribution in [0.25, 0.3) is 5.69 Å². The van der Waals surface area contributed by atoms with Gasteiger partial charge in [-0.3, -0.25) is 4.79 Å². The van der Waals surface area contributed by atoms with Gasteiger partial charge in [0.15, 0.2) is 0 Å². The highest BCUT2D eigenvalue weighted by atomic mass is 35.5.